The Morgan fingerprint density at radius 2 is 2.09 bits per heavy atom. The number of pyridine rings is 1. The second-order valence-electron chi connectivity index (χ2n) is 8.05. The third kappa shape index (κ3) is 4.79. The minimum Gasteiger partial charge on any atom is -0.325 e. The normalized spacial score (nSPS) is 13.4. The Hall–Kier alpha value is -3.28. The van der Waals surface area contributed by atoms with Crippen LogP contribution < -0.4 is 10.9 Å². The minimum atomic E-state index is -0.384. The van der Waals surface area contributed by atoms with Crippen molar-refractivity contribution in [2.24, 2.45) is 0 Å². The number of carbonyl (C=O) groups excluding carboxylic acids is 1. The first-order valence-electron chi connectivity index (χ1n) is 10.6. The molecule has 3 aromatic rings. The SMILES string of the molecule is Cc1[nH]c(=O)c(C#N)c(C)c1CCC(=O)Nc1nc2c(s1)CN(Cc1ccccc1)CC2. The number of carbonyl (C=O) groups is 1. The molecule has 1 aromatic carbocycles. The van der Waals surface area contributed by atoms with E-state index in [2.05, 4.69) is 44.5 Å². The molecule has 3 heterocycles. The topological polar surface area (TPSA) is 102 Å². The molecule has 0 unspecified atom stereocenters. The van der Waals surface area contributed by atoms with Gasteiger partial charge in [-0.05, 0) is 37.0 Å². The van der Waals surface area contributed by atoms with Gasteiger partial charge >= 0.3 is 0 Å². The van der Waals surface area contributed by atoms with Gasteiger partial charge in [-0.3, -0.25) is 14.5 Å². The molecule has 1 amide bonds. The van der Waals surface area contributed by atoms with Gasteiger partial charge in [-0.15, -0.1) is 11.3 Å². The number of aromatic nitrogens is 2. The average molecular weight is 448 g/mol. The van der Waals surface area contributed by atoms with E-state index in [1.165, 1.54) is 21.8 Å². The van der Waals surface area contributed by atoms with E-state index < -0.39 is 0 Å². The summed E-state index contributed by atoms with van der Waals surface area (Å²) in [6, 6.07) is 12.4. The maximum atomic E-state index is 12.6. The summed E-state index contributed by atoms with van der Waals surface area (Å²) in [5.74, 6) is -0.124. The summed E-state index contributed by atoms with van der Waals surface area (Å²) in [5, 5.41) is 12.8. The molecule has 4 rings (SSSR count). The third-order valence-electron chi connectivity index (χ3n) is 5.83. The maximum absolute atomic E-state index is 12.6. The number of H-pyrrole nitrogens is 1. The highest BCUT2D eigenvalue weighted by atomic mass is 32.1. The van der Waals surface area contributed by atoms with Gasteiger partial charge < -0.3 is 10.3 Å². The molecular formula is C24H25N5O2S. The highest BCUT2D eigenvalue weighted by Crippen LogP contribution is 2.29. The van der Waals surface area contributed by atoms with Gasteiger partial charge in [0.05, 0.1) is 5.69 Å². The van der Waals surface area contributed by atoms with Crippen LogP contribution in [0.5, 0.6) is 0 Å². The average Bonchev–Trinajstić information content (AvgIpc) is 3.15. The molecule has 8 heteroatoms. The van der Waals surface area contributed by atoms with Crippen molar-refractivity contribution in [2.45, 2.75) is 46.2 Å². The van der Waals surface area contributed by atoms with Crippen LogP contribution in [0.1, 0.15) is 44.9 Å². The fourth-order valence-corrected chi connectivity index (χ4v) is 5.19. The highest BCUT2D eigenvalue weighted by Gasteiger charge is 2.21. The Balaban J connectivity index is 1.37. The van der Waals surface area contributed by atoms with Gasteiger partial charge in [0.15, 0.2) is 5.13 Å². The molecule has 0 saturated carbocycles. The zero-order valence-electron chi connectivity index (χ0n) is 18.2. The first-order chi connectivity index (χ1) is 15.4. The molecule has 0 saturated heterocycles. The van der Waals surface area contributed by atoms with Crippen LogP contribution in [0, 0.1) is 25.2 Å². The maximum Gasteiger partial charge on any atom is 0.266 e. The van der Waals surface area contributed by atoms with Gasteiger partial charge in [-0.25, -0.2) is 4.98 Å². The van der Waals surface area contributed by atoms with Crippen LogP contribution in [0.15, 0.2) is 35.1 Å². The summed E-state index contributed by atoms with van der Waals surface area (Å²) in [6.45, 7) is 6.24. The number of nitriles is 1. The van der Waals surface area contributed by atoms with Crippen LogP contribution in [-0.2, 0) is 30.7 Å². The van der Waals surface area contributed by atoms with Gasteiger partial charge in [-0.1, -0.05) is 30.3 Å². The van der Waals surface area contributed by atoms with E-state index in [9.17, 15) is 14.9 Å². The number of rotatable bonds is 6. The van der Waals surface area contributed by atoms with Crippen LogP contribution >= 0.6 is 11.3 Å². The first-order valence-corrected chi connectivity index (χ1v) is 11.4. The minimum absolute atomic E-state index is 0.110. The lowest BCUT2D eigenvalue weighted by Gasteiger charge is -2.25. The Morgan fingerprint density at radius 3 is 2.84 bits per heavy atom. The van der Waals surface area contributed by atoms with Gasteiger partial charge in [-0.2, -0.15) is 5.26 Å². The molecule has 2 N–H and O–H groups in total. The molecule has 0 bridgehead atoms. The van der Waals surface area contributed by atoms with Crippen molar-refractivity contribution < 1.29 is 4.79 Å². The predicted octanol–water partition coefficient (Wildman–Crippen LogP) is 3.45. The van der Waals surface area contributed by atoms with E-state index >= 15 is 0 Å². The molecule has 1 aliphatic heterocycles. The largest absolute Gasteiger partial charge is 0.325 e. The van der Waals surface area contributed by atoms with Crippen molar-refractivity contribution in [3.05, 3.63) is 79.2 Å². The van der Waals surface area contributed by atoms with Crippen LogP contribution in [0.4, 0.5) is 5.13 Å². The van der Waals surface area contributed by atoms with E-state index in [4.69, 9.17) is 0 Å². The lowest BCUT2D eigenvalue weighted by Crippen LogP contribution is -2.29. The molecule has 7 nitrogen and oxygen atoms in total. The van der Waals surface area contributed by atoms with E-state index in [0.29, 0.717) is 22.8 Å². The van der Waals surface area contributed by atoms with Crippen LogP contribution in [-0.4, -0.2) is 27.3 Å². The Bertz CT molecular complexity index is 1240. The lowest BCUT2D eigenvalue weighted by atomic mass is 9.99. The number of nitrogens with zero attached hydrogens (tertiary/aromatic N) is 3. The number of hydrogen-bond donors (Lipinski definition) is 2. The predicted molar refractivity (Wildman–Crippen MR) is 125 cm³/mol. The molecule has 0 fully saturated rings. The fraction of sp³-hybridized carbons (Fsp3) is 0.333. The molecular weight excluding hydrogens is 422 g/mol. The summed E-state index contributed by atoms with van der Waals surface area (Å²) in [5.41, 5.74) is 4.27. The second kappa shape index (κ2) is 9.47. The Morgan fingerprint density at radius 1 is 1.31 bits per heavy atom. The van der Waals surface area contributed by atoms with Gasteiger partial charge in [0.25, 0.3) is 5.56 Å². The lowest BCUT2D eigenvalue weighted by molar-refractivity contribution is -0.116. The zero-order valence-corrected chi connectivity index (χ0v) is 19.0. The van der Waals surface area contributed by atoms with Crippen molar-refractivity contribution in [3.63, 3.8) is 0 Å². The van der Waals surface area contributed by atoms with Crippen molar-refractivity contribution in [1.29, 1.82) is 5.26 Å². The second-order valence-corrected chi connectivity index (χ2v) is 9.14. The van der Waals surface area contributed by atoms with E-state index in [1.807, 2.05) is 12.1 Å². The van der Waals surface area contributed by atoms with Crippen molar-refractivity contribution in [1.82, 2.24) is 14.9 Å². The summed E-state index contributed by atoms with van der Waals surface area (Å²) in [6.07, 6.45) is 1.58. The monoisotopic (exact) mass is 447 g/mol. The van der Waals surface area contributed by atoms with E-state index in [0.717, 1.165) is 37.3 Å². The summed E-state index contributed by atoms with van der Waals surface area (Å²) < 4.78 is 0. The number of amides is 1. The quantitative estimate of drug-likeness (QED) is 0.603. The number of aryl methyl sites for hydroxylation is 1. The van der Waals surface area contributed by atoms with E-state index in [1.54, 1.807) is 13.8 Å². The van der Waals surface area contributed by atoms with Crippen molar-refractivity contribution in [2.75, 3.05) is 11.9 Å². The zero-order chi connectivity index (χ0) is 22.7. The number of thiazole rings is 1. The van der Waals surface area contributed by atoms with Crippen molar-refractivity contribution in [3.8, 4) is 6.07 Å². The molecule has 0 spiro atoms. The molecule has 0 radical (unpaired) electrons. The highest BCUT2D eigenvalue weighted by molar-refractivity contribution is 7.15. The van der Waals surface area contributed by atoms with Crippen LogP contribution in [0.3, 0.4) is 0 Å². The molecule has 2 aromatic heterocycles. The number of fused-ring (bicyclic) bond motifs is 1. The Labute approximate surface area is 190 Å². The number of hydrogen-bond acceptors (Lipinski definition) is 6. The van der Waals surface area contributed by atoms with Crippen molar-refractivity contribution >= 4 is 22.4 Å². The summed E-state index contributed by atoms with van der Waals surface area (Å²) in [7, 11) is 0. The fourth-order valence-electron chi connectivity index (χ4n) is 4.12. The van der Waals surface area contributed by atoms with Crippen LogP contribution in [0.2, 0.25) is 0 Å². The Kier molecular flexibility index (Phi) is 6.49. The number of anilines is 1. The summed E-state index contributed by atoms with van der Waals surface area (Å²) in [4.78, 5) is 35.4. The van der Waals surface area contributed by atoms with Gasteiger partial charge in [0, 0.05) is 43.0 Å². The molecule has 32 heavy (non-hydrogen) atoms. The summed E-state index contributed by atoms with van der Waals surface area (Å²) >= 11 is 1.54. The first kappa shape index (κ1) is 21.9. The molecule has 0 aliphatic carbocycles. The van der Waals surface area contributed by atoms with Crippen LogP contribution in [0.25, 0.3) is 0 Å². The molecule has 0 atom stereocenters. The van der Waals surface area contributed by atoms with Gasteiger partial charge in [0.1, 0.15) is 11.6 Å². The van der Waals surface area contributed by atoms with Gasteiger partial charge in [0.2, 0.25) is 5.91 Å². The number of benzene rings is 1. The molecule has 1 aliphatic rings. The molecule has 164 valence electrons. The number of aromatic amines is 1. The number of nitrogens with one attached hydrogen (secondary N) is 2. The van der Waals surface area contributed by atoms with E-state index in [-0.39, 0.29) is 23.5 Å². The third-order valence-corrected chi connectivity index (χ3v) is 6.83. The smallest absolute Gasteiger partial charge is 0.266 e. The standard InChI is InChI=1S/C24H25N5O2S/c1-15-18(16(2)26-23(31)19(15)12-25)8-9-22(30)28-24-27-20-10-11-29(14-21(20)32-24)13-17-6-4-3-5-7-17/h3-7H,8-11,13-14H2,1-2H3,(H,26,31)(H,27,28,30).